The number of nitrogens with zero attached hydrogens (tertiary/aromatic N) is 2. The molecule has 2 aromatic rings. The van der Waals surface area contributed by atoms with Gasteiger partial charge in [-0.2, -0.15) is 0 Å². The topological polar surface area (TPSA) is 42.0 Å². The van der Waals surface area contributed by atoms with E-state index >= 15 is 0 Å². The molecule has 27 heavy (non-hydrogen) atoms. The van der Waals surface area contributed by atoms with E-state index in [-0.39, 0.29) is 5.91 Å². The highest BCUT2D eigenvalue weighted by Gasteiger charge is 2.36. The molecular weight excluding hydrogens is 428 g/mol. The van der Waals surface area contributed by atoms with E-state index in [1.54, 1.807) is 19.1 Å². The van der Waals surface area contributed by atoms with Gasteiger partial charge in [-0.25, -0.2) is 0 Å². The van der Waals surface area contributed by atoms with Crippen molar-refractivity contribution in [2.24, 2.45) is 0 Å². The van der Waals surface area contributed by atoms with E-state index in [1.807, 2.05) is 55.5 Å². The maximum absolute atomic E-state index is 13.0. The second-order valence-electron chi connectivity index (χ2n) is 5.83. The van der Waals surface area contributed by atoms with E-state index < -0.39 is 0 Å². The van der Waals surface area contributed by atoms with Crippen molar-refractivity contribution in [3.05, 3.63) is 58.2 Å². The Balaban J connectivity index is 1.91. The van der Waals surface area contributed by atoms with Crippen LogP contribution in [0.25, 0.3) is 6.08 Å². The van der Waals surface area contributed by atoms with Crippen LogP contribution >= 0.6 is 28.1 Å². The maximum atomic E-state index is 13.0. The molecule has 5 nitrogen and oxygen atoms in total. The summed E-state index contributed by atoms with van der Waals surface area (Å²) in [6, 6.07) is 13.0. The average molecular weight is 447 g/mol. The Morgan fingerprint density at radius 1 is 1.19 bits per heavy atom. The van der Waals surface area contributed by atoms with Crippen LogP contribution in [0.5, 0.6) is 11.5 Å². The summed E-state index contributed by atoms with van der Waals surface area (Å²) >= 11 is 8.96. The number of hydrogen-bond acceptors (Lipinski definition) is 4. The van der Waals surface area contributed by atoms with E-state index in [2.05, 4.69) is 15.9 Å². The van der Waals surface area contributed by atoms with Crippen LogP contribution in [-0.4, -0.2) is 36.7 Å². The molecule has 0 N–H and O–H groups in total. The lowest BCUT2D eigenvalue weighted by molar-refractivity contribution is -0.114. The Kier molecular flexibility index (Phi) is 5.82. The quantitative estimate of drug-likeness (QED) is 0.500. The first-order valence-corrected chi connectivity index (χ1v) is 9.56. The minimum absolute atomic E-state index is 0.168. The summed E-state index contributed by atoms with van der Waals surface area (Å²) in [4.78, 5) is 16.2. The van der Waals surface area contributed by atoms with Gasteiger partial charge in [-0.15, -0.1) is 0 Å². The second kappa shape index (κ2) is 8.10. The number of hydrogen-bond donors (Lipinski definition) is 0. The molecule has 7 heteroatoms. The van der Waals surface area contributed by atoms with Gasteiger partial charge in [0.05, 0.1) is 23.9 Å². The molecule has 0 atom stereocenters. The second-order valence-corrected chi connectivity index (χ2v) is 7.05. The molecule has 0 bridgehead atoms. The van der Waals surface area contributed by atoms with Gasteiger partial charge in [0, 0.05) is 7.05 Å². The van der Waals surface area contributed by atoms with Gasteiger partial charge in [-0.3, -0.25) is 9.69 Å². The number of rotatable bonds is 5. The predicted octanol–water partition coefficient (Wildman–Crippen LogP) is 4.46. The van der Waals surface area contributed by atoms with E-state index in [0.717, 1.165) is 21.5 Å². The highest BCUT2D eigenvalue weighted by Crippen LogP contribution is 2.31. The van der Waals surface area contributed by atoms with Crippen molar-refractivity contribution in [2.45, 2.75) is 6.92 Å². The summed E-state index contributed by atoms with van der Waals surface area (Å²) in [5, 5.41) is 0.433. The molecule has 1 saturated heterocycles. The fourth-order valence-electron chi connectivity index (χ4n) is 2.77. The zero-order valence-electron chi connectivity index (χ0n) is 15.2. The van der Waals surface area contributed by atoms with E-state index in [1.165, 1.54) is 4.90 Å². The molecule has 1 aliphatic heterocycles. The lowest BCUT2D eigenvalue weighted by Gasteiger charge is -2.16. The molecular formula is C20H19BrN2O3S. The predicted molar refractivity (Wildman–Crippen MR) is 114 cm³/mol. The number of ether oxygens (including phenoxy) is 2. The third kappa shape index (κ3) is 3.84. The van der Waals surface area contributed by atoms with Crippen molar-refractivity contribution < 1.29 is 14.3 Å². The largest absolute Gasteiger partial charge is 0.496 e. The summed E-state index contributed by atoms with van der Waals surface area (Å²) in [6.07, 6.45) is 1.81. The van der Waals surface area contributed by atoms with Gasteiger partial charge in [-0.1, -0.05) is 6.07 Å². The van der Waals surface area contributed by atoms with Crippen LogP contribution in [0.1, 0.15) is 12.5 Å². The van der Waals surface area contributed by atoms with Crippen LogP contribution in [0.15, 0.2) is 52.6 Å². The van der Waals surface area contributed by atoms with E-state index in [4.69, 9.17) is 21.7 Å². The molecule has 1 fully saturated rings. The lowest BCUT2D eigenvalue weighted by Crippen LogP contribution is -2.31. The number of likely N-dealkylation sites (N-methyl/N-ethyl adjacent to an activating group) is 1. The van der Waals surface area contributed by atoms with Crippen molar-refractivity contribution in [2.75, 3.05) is 25.7 Å². The molecule has 0 aromatic heterocycles. The summed E-state index contributed by atoms with van der Waals surface area (Å²) in [5.41, 5.74) is 2.08. The number of benzene rings is 2. The molecule has 0 radical (unpaired) electrons. The summed E-state index contributed by atoms with van der Waals surface area (Å²) in [5.74, 6) is 1.32. The monoisotopic (exact) mass is 446 g/mol. The number of amides is 1. The van der Waals surface area contributed by atoms with Crippen LogP contribution in [0.3, 0.4) is 0 Å². The molecule has 1 aliphatic rings. The maximum Gasteiger partial charge on any atom is 0.281 e. The SMILES string of the molecule is CCOc1ccc(N2C(=O)/C(=C\c3ccc(OC)c(Br)c3)N(C)C2=S)cc1. The van der Waals surface area contributed by atoms with Gasteiger partial charge in [0.15, 0.2) is 5.11 Å². The lowest BCUT2D eigenvalue weighted by atomic mass is 10.1. The van der Waals surface area contributed by atoms with Crippen molar-refractivity contribution in [1.82, 2.24) is 4.90 Å². The molecule has 1 amide bonds. The average Bonchev–Trinajstić information content (AvgIpc) is 2.86. The normalized spacial score (nSPS) is 15.6. The Morgan fingerprint density at radius 3 is 2.48 bits per heavy atom. The molecule has 0 aliphatic carbocycles. The zero-order chi connectivity index (χ0) is 19.6. The number of halogens is 1. The van der Waals surface area contributed by atoms with Crippen LogP contribution in [0.2, 0.25) is 0 Å². The van der Waals surface area contributed by atoms with Gasteiger partial charge in [0.2, 0.25) is 0 Å². The number of carbonyl (C=O) groups excluding carboxylic acids is 1. The Hall–Kier alpha value is -2.38. The van der Waals surface area contributed by atoms with E-state index in [0.29, 0.717) is 23.1 Å². The summed E-state index contributed by atoms with van der Waals surface area (Å²) < 4.78 is 11.5. The van der Waals surface area contributed by atoms with Gasteiger partial charge in [-0.05, 0) is 83.1 Å². The van der Waals surface area contributed by atoms with Gasteiger partial charge in [0.1, 0.15) is 17.2 Å². The number of methoxy groups -OCH3 is 1. The highest BCUT2D eigenvalue weighted by atomic mass is 79.9. The van der Waals surface area contributed by atoms with Gasteiger partial charge < -0.3 is 14.4 Å². The fourth-order valence-corrected chi connectivity index (χ4v) is 3.62. The molecule has 2 aromatic carbocycles. The Bertz CT molecular complexity index is 912. The summed E-state index contributed by atoms with van der Waals surface area (Å²) in [6.45, 7) is 2.52. The van der Waals surface area contributed by atoms with Crippen LogP contribution in [0.4, 0.5) is 5.69 Å². The van der Waals surface area contributed by atoms with Crippen molar-refractivity contribution >= 4 is 50.9 Å². The minimum atomic E-state index is -0.168. The van der Waals surface area contributed by atoms with Crippen molar-refractivity contribution in [1.29, 1.82) is 0 Å². The summed E-state index contributed by atoms with van der Waals surface area (Å²) in [7, 11) is 3.40. The van der Waals surface area contributed by atoms with Crippen molar-refractivity contribution in [3.63, 3.8) is 0 Å². The van der Waals surface area contributed by atoms with Crippen molar-refractivity contribution in [3.8, 4) is 11.5 Å². The van der Waals surface area contributed by atoms with Crippen LogP contribution in [0, 0.1) is 0 Å². The standard InChI is InChI=1S/C20H19BrN2O3S/c1-4-26-15-8-6-14(7-9-15)23-19(24)17(22(2)20(23)27)12-13-5-10-18(25-3)16(21)11-13/h5-12H,4H2,1-3H3/b17-12+. The first-order chi connectivity index (χ1) is 13.0. The highest BCUT2D eigenvalue weighted by molar-refractivity contribution is 9.10. The number of carbonyl (C=O) groups is 1. The third-order valence-corrected chi connectivity index (χ3v) is 5.22. The number of thiocarbonyl (C=S) groups is 1. The first kappa shape index (κ1) is 19.4. The molecule has 140 valence electrons. The number of anilines is 1. The fraction of sp³-hybridized carbons (Fsp3) is 0.200. The van der Waals surface area contributed by atoms with Crippen LogP contribution < -0.4 is 14.4 Å². The molecule has 0 saturated carbocycles. The smallest absolute Gasteiger partial charge is 0.281 e. The Labute approximate surface area is 172 Å². The third-order valence-electron chi connectivity index (χ3n) is 4.15. The molecule has 0 spiro atoms. The minimum Gasteiger partial charge on any atom is -0.496 e. The molecule has 3 rings (SSSR count). The Morgan fingerprint density at radius 2 is 1.89 bits per heavy atom. The zero-order valence-corrected chi connectivity index (χ0v) is 17.6. The molecule has 0 unspecified atom stereocenters. The van der Waals surface area contributed by atoms with Crippen LogP contribution in [-0.2, 0) is 4.79 Å². The molecule has 1 heterocycles. The first-order valence-electron chi connectivity index (χ1n) is 8.36. The van der Waals surface area contributed by atoms with Gasteiger partial charge >= 0.3 is 0 Å². The van der Waals surface area contributed by atoms with Gasteiger partial charge in [0.25, 0.3) is 5.91 Å². The van der Waals surface area contributed by atoms with E-state index in [9.17, 15) is 4.79 Å².